The minimum atomic E-state index is -0.445. The second kappa shape index (κ2) is 5.29. The van der Waals surface area contributed by atoms with E-state index in [1.54, 1.807) is 29.3 Å². The van der Waals surface area contributed by atoms with E-state index in [1.165, 1.54) is 6.07 Å². The van der Waals surface area contributed by atoms with Crippen LogP contribution in [0.3, 0.4) is 0 Å². The van der Waals surface area contributed by atoms with Crippen LogP contribution >= 0.6 is 11.6 Å². The van der Waals surface area contributed by atoms with Gasteiger partial charge in [0.15, 0.2) is 0 Å². The number of rotatable bonds is 3. The Morgan fingerprint density at radius 2 is 2.17 bits per heavy atom. The topological polar surface area (TPSA) is 55.0 Å². The third kappa shape index (κ3) is 2.57. The quantitative estimate of drug-likeness (QED) is 0.927. The molecule has 6 heteroatoms. The van der Waals surface area contributed by atoms with Crippen molar-refractivity contribution >= 4 is 23.1 Å². The first-order chi connectivity index (χ1) is 8.61. The number of hydrogen-bond acceptors (Lipinski definition) is 4. The molecule has 0 amide bonds. The van der Waals surface area contributed by atoms with Crippen molar-refractivity contribution in [2.45, 2.75) is 6.54 Å². The van der Waals surface area contributed by atoms with Crippen LogP contribution in [0.2, 0.25) is 5.02 Å². The zero-order chi connectivity index (χ0) is 13.1. The number of nitrogens with two attached hydrogens (primary N) is 1. The van der Waals surface area contributed by atoms with Crippen LogP contribution in [0, 0.1) is 5.82 Å². The summed E-state index contributed by atoms with van der Waals surface area (Å²) in [6, 6.07) is 6.24. The lowest BCUT2D eigenvalue weighted by molar-refractivity contribution is 0.628. The third-order valence-electron chi connectivity index (χ3n) is 2.51. The zero-order valence-electron chi connectivity index (χ0n) is 9.77. The Morgan fingerprint density at radius 1 is 1.39 bits per heavy atom. The van der Waals surface area contributed by atoms with Crippen LogP contribution in [0.25, 0.3) is 0 Å². The number of aromatic nitrogens is 2. The number of halogens is 2. The van der Waals surface area contributed by atoms with Crippen LogP contribution in [0.15, 0.2) is 30.5 Å². The highest BCUT2D eigenvalue weighted by Crippen LogP contribution is 2.26. The fraction of sp³-hybridized carbons (Fsp3) is 0.167. The lowest BCUT2D eigenvalue weighted by Crippen LogP contribution is -2.13. The van der Waals surface area contributed by atoms with Crippen LogP contribution < -0.4 is 10.6 Å². The van der Waals surface area contributed by atoms with Gasteiger partial charge in [0, 0.05) is 18.9 Å². The van der Waals surface area contributed by atoms with Crippen molar-refractivity contribution in [3.63, 3.8) is 0 Å². The van der Waals surface area contributed by atoms with Crippen molar-refractivity contribution < 1.29 is 4.39 Å². The van der Waals surface area contributed by atoms with Crippen LogP contribution in [-0.4, -0.2) is 17.0 Å². The SMILES string of the molecule is CN(c1ccc(F)c(Cl)c1)c1ccnc(CN)n1. The maximum Gasteiger partial charge on any atom is 0.144 e. The maximum atomic E-state index is 13.1. The first-order valence-electron chi connectivity index (χ1n) is 5.32. The average molecular weight is 267 g/mol. The van der Waals surface area contributed by atoms with Crippen molar-refractivity contribution in [2.24, 2.45) is 5.73 Å². The molecule has 18 heavy (non-hydrogen) atoms. The summed E-state index contributed by atoms with van der Waals surface area (Å²) in [5, 5.41) is 0.0763. The van der Waals surface area contributed by atoms with Crippen LogP contribution in [0.1, 0.15) is 5.82 Å². The van der Waals surface area contributed by atoms with E-state index < -0.39 is 5.82 Å². The Kier molecular flexibility index (Phi) is 3.74. The summed E-state index contributed by atoms with van der Waals surface area (Å²) in [5.74, 6) is 0.778. The summed E-state index contributed by atoms with van der Waals surface area (Å²) in [6.07, 6.45) is 1.63. The van der Waals surface area contributed by atoms with E-state index in [2.05, 4.69) is 9.97 Å². The molecule has 0 fully saturated rings. The van der Waals surface area contributed by atoms with Gasteiger partial charge in [0.1, 0.15) is 17.5 Å². The van der Waals surface area contributed by atoms with Gasteiger partial charge >= 0.3 is 0 Å². The molecule has 1 aromatic carbocycles. The molecule has 2 N–H and O–H groups in total. The van der Waals surface area contributed by atoms with Crippen LogP contribution in [0.5, 0.6) is 0 Å². The lowest BCUT2D eigenvalue weighted by Gasteiger charge is -2.18. The first-order valence-corrected chi connectivity index (χ1v) is 5.70. The number of benzene rings is 1. The molecule has 0 saturated carbocycles. The predicted octanol–water partition coefficient (Wildman–Crippen LogP) is 2.50. The molecule has 0 bridgehead atoms. The van der Waals surface area contributed by atoms with Crippen molar-refractivity contribution in [2.75, 3.05) is 11.9 Å². The highest BCUT2D eigenvalue weighted by atomic mass is 35.5. The van der Waals surface area contributed by atoms with E-state index in [9.17, 15) is 4.39 Å². The normalized spacial score (nSPS) is 10.4. The van der Waals surface area contributed by atoms with E-state index in [1.807, 2.05) is 7.05 Å². The van der Waals surface area contributed by atoms with Gasteiger partial charge in [-0.05, 0) is 24.3 Å². The molecule has 2 rings (SSSR count). The molecule has 0 aliphatic carbocycles. The average Bonchev–Trinajstić information content (AvgIpc) is 2.41. The smallest absolute Gasteiger partial charge is 0.144 e. The van der Waals surface area contributed by atoms with Gasteiger partial charge in [-0.15, -0.1) is 0 Å². The van der Waals surface area contributed by atoms with E-state index in [0.717, 1.165) is 5.69 Å². The van der Waals surface area contributed by atoms with Gasteiger partial charge in [-0.2, -0.15) is 0 Å². The first kappa shape index (κ1) is 12.7. The Labute approximate surface area is 109 Å². The summed E-state index contributed by atoms with van der Waals surface area (Å²) in [5.41, 5.74) is 6.23. The van der Waals surface area contributed by atoms with Crippen LogP contribution in [-0.2, 0) is 6.54 Å². The minimum absolute atomic E-state index is 0.0763. The third-order valence-corrected chi connectivity index (χ3v) is 2.80. The van der Waals surface area contributed by atoms with Gasteiger partial charge in [-0.3, -0.25) is 0 Å². The molecule has 0 aliphatic heterocycles. The Hall–Kier alpha value is -1.72. The molecule has 4 nitrogen and oxygen atoms in total. The minimum Gasteiger partial charge on any atom is -0.329 e. The molecule has 94 valence electrons. The van der Waals surface area contributed by atoms with E-state index >= 15 is 0 Å². The van der Waals surface area contributed by atoms with E-state index in [4.69, 9.17) is 17.3 Å². The van der Waals surface area contributed by atoms with E-state index in [0.29, 0.717) is 11.6 Å². The number of hydrogen-bond donors (Lipinski definition) is 1. The second-order valence-electron chi connectivity index (χ2n) is 3.69. The molecule has 1 heterocycles. The molecular formula is C12H12ClFN4. The summed E-state index contributed by atoms with van der Waals surface area (Å²) in [6.45, 7) is 0.270. The Bertz CT molecular complexity index is 562. The molecule has 0 radical (unpaired) electrons. The molecule has 0 saturated heterocycles. The van der Waals surface area contributed by atoms with Crippen molar-refractivity contribution in [3.05, 3.63) is 47.1 Å². The highest BCUT2D eigenvalue weighted by Gasteiger charge is 2.08. The maximum absolute atomic E-state index is 13.1. The van der Waals surface area contributed by atoms with Gasteiger partial charge in [-0.1, -0.05) is 11.6 Å². The fourth-order valence-electron chi connectivity index (χ4n) is 1.50. The van der Waals surface area contributed by atoms with E-state index in [-0.39, 0.29) is 11.6 Å². The Morgan fingerprint density at radius 3 is 2.83 bits per heavy atom. The molecule has 0 aliphatic rings. The van der Waals surface area contributed by atoms with Gasteiger partial charge in [-0.25, -0.2) is 14.4 Å². The molecule has 0 unspecified atom stereocenters. The van der Waals surface area contributed by atoms with Gasteiger partial charge < -0.3 is 10.6 Å². The number of anilines is 2. The zero-order valence-corrected chi connectivity index (χ0v) is 10.5. The monoisotopic (exact) mass is 266 g/mol. The number of nitrogens with zero attached hydrogens (tertiary/aromatic N) is 3. The van der Waals surface area contributed by atoms with Crippen molar-refractivity contribution in [3.8, 4) is 0 Å². The van der Waals surface area contributed by atoms with Gasteiger partial charge in [0.2, 0.25) is 0 Å². The standard InChI is InChI=1S/C12H12ClFN4/c1-18(8-2-3-10(14)9(13)6-8)12-4-5-16-11(7-15)17-12/h2-6H,7,15H2,1H3. The second-order valence-corrected chi connectivity index (χ2v) is 4.10. The predicted molar refractivity (Wildman–Crippen MR) is 69.4 cm³/mol. The molecule has 2 aromatic rings. The molecule has 0 spiro atoms. The van der Waals surface area contributed by atoms with Gasteiger partial charge in [0.25, 0.3) is 0 Å². The largest absolute Gasteiger partial charge is 0.329 e. The lowest BCUT2D eigenvalue weighted by atomic mass is 10.3. The van der Waals surface area contributed by atoms with Gasteiger partial charge in [0.05, 0.1) is 11.6 Å². The van der Waals surface area contributed by atoms with Crippen molar-refractivity contribution in [1.82, 2.24) is 9.97 Å². The molecule has 1 aromatic heterocycles. The highest BCUT2D eigenvalue weighted by molar-refractivity contribution is 6.31. The van der Waals surface area contributed by atoms with Crippen molar-refractivity contribution in [1.29, 1.82) is 0 Å². The Balaban J connectivity index is 2.34. The van der Waals surface area contributed by atoms with Crippen LogP contribution in [0.4, 0.5) is 15.9 Å². The summed E-state index contributed by atoms with van der Waals surface area (Å²) >= 11 is 5.75. The molecular weight excluding hydrogens is 255 g/mol. The fourth-order valence-corrected chi connectivity index (χ4v) is 1.67. The summed E-state index contributed by atoms with van der Waals surface area (Å²) < 4.78 is 13.1. The summed E-state index contributed by atoms with van der Waals surface area (Å²) in [7, 11) is 1.81. The summed E-state index contributed by atoms with van der Waals surface area (Å²) in [4.78, 5) is 10.1. The molecule has 0 atom stereocenters.